The fraction of sp³-hybridized carbons (Fsp3) is 0.280. The van der Waals surface area contributed by atoms with Crippen molar-refractivity contribution in [1.82, 2.24) is 9.88 Å². The number of fused-ring (bicyclic) bond motifs is 2. The van der Waals surface area contributed by atoms with Crippen molar-refractivity contribution in [1.29, 1.82) is 0 Å². The Kier molecular flexibility index (Phi) is 6.94. The highest BCUT2D eigenvalue weighted by Crippen LogP contribution is 2.36. The third-order valence-electron chi connectivity index (χ3n) is 5.23. The van der Waals surface area contributed by atoms with Crippen LogP contribution in [0.3, 0.4) is 0 Å². The van der Waals surface area contributed by atoms with E-state index in [0.717, 1.165) is 34.0 Å². The minimum atomic E-state index is -0.112. The number of benzene rings is 3. The lowest BCUT2D eigenvalue weighted by Gasteiger charge is -2.23. The molecule has 0 N–H and O–H groups in total. The Morgan fingerprint density at radius 2 is 1.88 bits per heavy atom. The Morgan fingerprint density at radius 3 is 2.62 bits per heavy atom. The number of para-hydroxylation sites is 1. The van der Waals surface area contributed by atoms with Crippen LogP contribution in [0.5, 0.6) is 5.75 Å². The van der Waals surface area contributed by atoms with Crippen LogP contribution in [0.4, 0.5) is 5.13 Å². The maximum atomic E-state index is 14.1. The summed E-state index contributed by atoms with van der Waals surface area (Å²) in [6.45, 7) is 3.82. The molecule has 5 nitrogen and oxygen atoms in total. The second-order valence-corrected chi connectivity index (χ2v) is 9.21. The van der Waals surface area contributed by atoms with E-state index in [-0.39, 0.29) is 5.91 Å². The SMILES string of the molecule is CCOc1ccc2ccccc2c1C(=O)N(CCCN(C)C)c1nc2c(Cl)cccc2s1. The first kappa shape index (κ1) is 22.5. The summed E-state index contributed by atoms with van der Waals surface area (Å²) < 4.78 is 6.84. The number of hydrogen-bond acceptors (Lipinski definition) is 5. The standard InChI is InChI=1S/C25H26ClN3O2S/c1-4-31-20-14-13-17-9-5-6-10-18(17)22(20)24(30)29(16-8-15-28(2)3)25-27-23-19(26)11-7-12-21(23)32-25/h5-7,9-14H,4,8,15-16H2,1-3H3. The molecular formula is C25H26ClN3O2S. The van der Waals surface area contributed by atoms with Gasteiger partial charge >= 0.3 is 0 Å². The minimum Gasteiger partial charge on any atom is -0.493 e. The van der Waals surface area contributed by atoms with E-state index >= 15 is 0 Å². The summed E-state index contributed by atoms with van der Waals surface area (Å²) in [6, 6.07) is 17.5. The lowest BCUT2D eigenvalue weighted by molar-refractivity contribution is 0.0984. The molecule has 4 rings (SSSR count). The molecule has 0 aliphatic rings. The average molecular weight is 468 g/mol. The van der Waals surface area contributed by atoms with Crippen molar-refractivity contribution in [3.63, 3.8) is 0 Å². The maximum absolute atomic E-state index is 14.1. The first-order valence-corrected chi connectivity index (χ1v) is 11.8. The van der Waals surface area contributed by atoms with Crippen LogP contribution in [0, 0.1) is 0 Å². The molecule has 3 aromatic carbocycles. The molecule has 1 amide bonds. The molecule has 0 aliphatic heterocycles. The van der Waals surface area contributed by atoms with Gasteiger partial charge in [0.2, 0.25) is 0 Å². The van der Waals surface area contributed by atoms with Gasteiger partial charge in [-0.2, -0.15) is 0 Å². The number of amides is 1. The largest absolute Gasteiger partial charge is 0.493 e. The number of carbonyl (C=O) groups is 1. The highest BCUT2D eigenvalue weighted by atomic mass is 35.5. The highest BCUT2D eigenvalue weighted by Gasteiger charge is 2.26. The van der Waals surface area contributed by atoms with Crippen LogP contribution in [-0.2, 0) is 0 Å². The predicted molar refractivity (Wildman–Crippen MR) is 135 cm³/mol. The molecule has 1 heterocycles. The van der Waals surface area contributed by atoms with Gasteiger partial charge < -0.3 is 9.64 Å². The summed E-state index contributed by atoms with van der Waals surface area (Å²) in [5, 5.41) is 3.11. The number of thiazole rings is 1. The van der Waals surface area contributed by atoms with E-state index in [1.807, 2.05) is 75.6 Å². The third-order valence-corrected chi connectivity index (χ3v) is 6.57. The Labute approximate surface area is 197 Å². The van der Waals surface area contributed by atoms with Crippen LogP contribution in [0.2, 0.25) is 5.02 Å². The topological polar surface area (TPSA) is 45.7 Å². The fourth-order valence-electron chi connectivity index (χ4n) is 3.73. The first-order valence-electron chi connectivity index (χ1n) is 10.7. The second kappa shape index (κ2) is 9.86. The molecule has 0 unspecified atom stereocenters. The van der Waals surface area contributed by atoms with E-state index in [9.17, 15) is 4.79 Å². The van der Waals surface area contributed by atoms with Crippen molar-refractivity contribution >= 4 is 55.0 Å². The minimum absolute atomic E-state index is 0.112. The lowest BCUT2D eigenvalue weighted by atomic mass is 10.0. The number of rotatable bonds is 8. The number of nitrogens with zero attached hydrogens (tertiary/aromatic N) is 3. The number of hydrogen-bond donors (Lipinski definition) is 0. The molecule has 0 saturated carbocycles. The fourth-order valence-corrected chi connectivity index (χ4v) is 5.02. The van der Waals surface area contributed by atoms with E-state index < -0.39 is 0 Å². The summed E-state index contributed by atoms with van der Waals surface area (Å²) in [4.78, 5) is 22.7. The van der Waals surface area contributed by atoms with Crippen molar-refractivity contribution in [3.05, 3.63) is 65.2 Å². The first-order chi connectivity index (χ1) is 15.5. The number of anilines is 1. The van der Waals surface area contributed by atoms with Gasteiger partial charge in [0.05, 0.1) is 21.9 Å². The lowest BCUT2D eigenvalue weighted by Crippen LogP contribution is -2.34. The maximum Gasteiger partial charge on any atom is 0.264 e. The van der Waals surface area contributed by atoms with Crippen molar-refractivity contribution in [2.45, 2.75) is 13.3 Å². The predicted octanol–water partition coefficient (Wildman–Crippen LogP) is 6.10. The van der Waals surface area contributed by atoms with E-state index in [0.29, 0.717) is 34.6 Å². The van der Waals surface area contributed by atoms with E-state index in [4.69, 9.17) is 21.3 Å². The molecule has 1 aromatic heterocycles. The van der Waals surface area contributed by atoms with Gasteiger partial charge in [0.15, 0.2) is 5.13 Å². The summed E-state index contributed by atoms with van der Waals surface area (Å²) in [7, 11) is 4.06. The molecule has 0 radical (unpaired) electrons. The van der Waals surface area contributed by atoms with Gasteiger partial charge in [-0.05, 0) is 63.0 Å². The van der Waals surface area contributed by atoms with Crippen molar-refractivity contribution in [2.24, 2.45) is 0 Å². The zero-order chi connectivity index (χ0) is 22.7. The summed E-state index contributed by atoms with van der Waals surface area (Å²) >= 11 is 7.86. The van der Waals surface area contributed by atoms with Crippen LogP contribution in [0.15, 0.2) is 54.6 Å². The summed E-state index contributed by atoms with van der Waals surface area (Å²) in [6.07, 6.45) is 0.817. The van der Waals surface area contributed by atoms with E-state index in [2.05, 4.69) is 4.90 Å². The number of carbonyl (C=O) groups excluding carboxylic acids is 1. The monoisotopic (exact) mass is 467 g/mol. The summed E-state index contributed by atoms with van der Waals surface area (Å²) in [5.41, 5.74) is 1.29. The molecular weight excluding hydrogens is 442 g/mol. The normalized spacial score (nSPS) is 11.4. The molecule has 0 fully saturated rings. The van der Waals surface area contributed by atoms with Crippen LogP contribution in [0.1, 0.15) is 23.7 Å². The molecule has 0 bridgehead atoms. The Balaban J connectivity index is 1.83. The highest BCUT2D eigenvalue weighted by molar-refractivity contribution is 7.22. The Bertz CT molecular complexity index is 1250. The number of aromatic nitrogens is 1. The van der Waals surface area contributed by atoms with Gasteiger partial charge in [-0.25, -0.2) is 4.98 Å². The van der Waals surface area contributed by atoms with Gasteiger partial charge in [0.25, 0.3) is 5.91 Å². The van der Waals surface area contributed by atoms with Crippen LogP contribution >= 0.6 is 22.9 Å². The molecule has 0 saturated heterocycles. The smallest absolute Gasteiger partial charge is 0.264 e. The molecule has 32 heavy (non-hydrogen) atoms. The van der Waals surface area contributed by atoms with Crippen molar-refractivity contribution < 1.29 is 9.53 Å². The summed E-state index contributed by atoms with van der Waals surface area (Å²) in [5.74, 6) is 0.479. The number of halogens is 1. The van der Waals surface area contributed by atoms with Gasteiger partial charge in [0.1, 0.15) is 11.3 Å². The van der Waals surface area contributed by atoms with Gasteiger partial charge in [-0.1, -0.05) is 59.3 Å². The van der Waals surface area contributed by atoms with Gasteiger partial charge in [-0.15, -0.1) is 0 Å². The molecule has 0 atom stereocenters. The molecule has 7 heteroatoms. The third kappa shape index (κ3) is 4.58. The van der Waals surface area contributed by atoms with Gasteiger partial charge in [0, 0.05) is 6.54 Å². The molecule has 166 valence electrons. The van der Waals surface area contributed by atoms with Gasteiger partial charge in [-0.3, -0.25) is 9.69 Å². The molecule has 0 spiro atoms. The van der Waals surface area contributed by atoms with Crippen molar-refractivity contribution in [3.8, 4) is 5.75 Å². The van der Waals surface area contributed by atoms with Crippen molar-refractivity contribution in [2.75, 3.05) is 38.7 Å². The van der Waals surface area contributed by atoms with Crippen LogP contribution < -0.4 is 9.64 Å². The zero-order valence-electron chi connectivity index (χ0n) is 18.5. The second-order valence-electron chi connectivity index (χ2n) is 7.79. The quantitative estimate of drug-likeness (QED) is 0.314. The average Bonchev–Trinajstić information content (AvgIpc) is 3.21. The molecule has 0 aliphatic carbocycles. The Hall–Kier alpha value is -2.67. The molecule has 4 aromatic rings. The van der Waals surface area contributed by atoms with E-state index in [1.165, 1.54) is 11.3 Å². The van der Waals surface area contributed by atoms with E-state index in [1.54, 1.807) is 4.90 Å². The van der Waals surface area contributed by atoms with Crippen LogP contribution in [0.25, 0.3) is 21.0 Å². The zero-order valence-corrected chi connectivity index (χ0v) is 20.0. The number of ether oxygens (including phenoxy) is 1. The van der Waals surface area contributed by atoms with Crippen LogP contribution in [-0.4, -0.2) is 49.6 Å². The Morgan fingerprint density at radius 1 is 1.06 bits per heavy atom.